The monoisotopic (exact) mass is 190 g/mol. The van der Waals surface area contributed by atoms with Crippen molar-refractivity contribution in [1.82, 2.24) is 9.97 Å². The summed E-state index contributed by atoms with van der Waals surface area (Å²) >= 11 is 7.89. The summed E-state index contributed by atoms with van der Waals surface area (Å²) in [5, 5.41) is 0. The molecule has 0 saturated heterocycles. The van der Waals surface area contributed by atoms with Gasteiger partial charge in [-0.25, -0.2) is 4.98 Å². The number of nitrogens with one attached hydrogen (secondary N) is 1. The van der Waals surface area contributed by atoms with Gasteiger partial charge in [0.05, 0.1) is 4.47 Å². The van der Waals surface area contributed by atoms with Gasteiger partial charge in [0.1, 0.15) is 0 Å². The molecular formula is C4H3BrN2S. The highest BCUT2D eigenvalue weighted by molar-refractivity contribution is 9.10. The van der Waals surface area contributed by atoms with Gasteiger partial charge in [-0.15, -0.1) is 0 Å². The Morgan fingerprint density at radius 3 is 2.88 bits per heavy atom. The summed E-state index contributed by atoms with van der Waals surface area (Å²) in [6, 6.07) is 0. The average molecular weight is 191 g/mol. The number of aromatic nitrogens is 2. The summed E-state index contributed by atoms with van der Waals surface area (Å²) in [4.78, 5) is 6.55. The Morgan fingerprint density at radius 1 is 1.75 bits per heavy atom. The number of hydrogen-bond donors (Lipinski definition) is 1. The summed E-state index contributed by atoms with van der Waals surface area (Å²) in [5.41, 5.74) is 0. The molecule has 1 heterocycles. The summed E-state index contributed by atoms with van der Waals surface area (Å²) in [5.74, 6) is 0. The first kappa shape index (κ1) is 5.91. The van der Waals surface area contributed by atoms with E-state index >= 15 is 0 Å². The molecule has 0 atom stereocenters. The molecule has 8 heavy (non-hydrogen) atoms. The van der Waals surface area contributed by atoms with Crippen molar-refractivity contribution in [3.63, 3.8) is 0 Å². The van der Waals surface area contributed by atoms with Crippen LogP contribution >= 0.6 is 28.1 Å². The van der Waals surface area contributed by atoms with E-state index in [4.69, 9.17) is 0 Å². The van der Waals surface area contributed by atoms with Crippen LogP contribution in [0.25, 0.3) is 0 Å². The van der Waals surface area contributed by atoms with Crippen molar-refractivity contribution >= 4 is 28.1 Å². The molecule has 0 bridgehead atoms. The molecule has 0 amide bonds. The van der Waals surface area contributed by atoms with Gasteiger partial charge < -0.3 is 4.98 Å². The van der Waals surface area contributed by atoms with Gasteiger partial charge in [-0.05, 0) is 28.1 Å². The first-order valence-electron chi connectivity index (χ1n) is 1.99. The molecule has 2 nitrogen and oxygen atoms in total. The van der Waals surface area contributed by atoms with Crippen LogP contribution in [0.2, 0.25) is 0 Å². The quantitative estimate of drug-likeness (QED) is 0.634. The minimum absolute atomic E-state index is 0.508. The highest BCUT2D eigenvalue weighted by Crippen LogP contribution is 2.01. The maximum atomic E-state index is 4.68. The lowest BCUT2D eigenvalue weighted by Gasteiger charge is -1.83. The highest BCUT2D eigenvalue weighted by Gasteiger charge is 1.79. The topological polar surface area (TPSA) is 28.7 Å². The van der Waals surface area contributed by atoms with Crippen LogP contribution in [0, 0.1) is 4.77 Å². The van der Waals surface area contributed by atoms with E-state index in [1.807, 2.05) is 0 Å². The summed E-state index contributed by atoms with van der Waals surface area (Å²) in [7, 11) is 0. The van der Waals surface area contributed by atoms with Gasteiger partial charge in [0, 0.05) is 12.4 Å². The molecule has 0 aliphatic heterocycles. The van der Waals surface area contributed by atoms with E-state index in [0.717, 1.165) is 4.47 Å². The van der Waals surface area contributed by atoms with Crippen LogP contribution in [-0.2, 0) is 0 Å². The van der Waals surface area contributed by atoms with Crippen LogP contribution in [-0.4, -0.2) is 9.97 Å². The van der Waals surface area contributed by atoms with E-state index in [-0.39, 0.29) is 0 Å². The minimum Gasteiger partial charge on any atom is -0.336 e. The van der Waals surface area contributed by atoms with Gasteiger partial charge in [0.15, 0.2) is 4.77 Å². The van der Waals surface area contributed by atoms with Crippen molar-refractivity contribution in [3.05, 3.63) is 21.6 Å². The fourth-order valence-electron chi connectivity index (χ4n) is 0.326. The lowest BCUT2D eigenvalue weighted by molar-refractivity contribution is 1.12. The van der Waals surface area contributed by atoms with Crippen LogP contribution in [0.4, 0.5) is 0 Å². The van der Waals surface area contributed by atoms with Crippen LogP contribution in [0.15, 0.2) is 16.9 Å². The van der Waals surface area contributed by atoms with Gasteiger partial charge in [-0.2, -0.15) is 0 Å². The largest absolute Gasteiger partial charge is 0.336 e. The van der Waals surface area contributed by atoms with Crippen molar-refractivity contribution in [2.45, 2.75) is 0 Å². The second-order valence-corrected chi connectivity index (χ2v) is 2.54. The standard InChI is InChI=1S/C4H3BrN2S/c5-3-1-6-4(8)7-2-3/h1-2H,(H,6,7,8). The number of nitrogens with zero attached hydrogens (tertiary/aromatic N) is 1. The maximum Gasteiger partial charge on any atom is 0.196 e. The van der Waals surface area contributed by atoms with Crippen LogP contribution in [0.3, 0.4) is 0 Å². The molecule has 4 heteroatoms. The second-order valence-electron chi connectivity index (χ2n) is 1.24. The number of rotatable bonds is 0. The summed E-state index contributed by atoms with van der Waals surface area (Å²) < 4.78 is 1.42. The molecule has 1 rings (SSSR count). The molecular weight excluding hydrogens is 188 g/mol. The van der Waals surface area contributed by atoms with E-state index in [9.17, 15) is 0 Å². The van der Waals surface area contributed by atoms with Crippen molar-refractivity contribution < 1.29 is 0 Å². The molecule has 0 radical (unpaired) electrons. The fourth-order valence-corrected chi connectivity index (χ4v) is 0.654. The van der Waals surface area contributed by atoms with E-state index in [0.29, 0.717) is 4.77 Å². The summed E-state index contributed by atoms with van der Waals surface area (Å²) in [6.07, 6.45) is 3.40. The van der Waals surface area contributed by atoms with Gasteiger partial charge in [-0.1, -0.05) is 0 Å². The molecule has 0 unspecified atom stereocenters. The van der Waals surface area contributed by atoms with E-state index in [2.05, 4.69) is 38.1 Å². The third-order valence-electron chi connectivity index (χ3n) is 0.639. The molecule has 0 aliphatic carbocycles. The molecule has 1 N–H and O–H groups in total. The van der Waals surface area contributed by atoms with Gasteiger partial charge in [-0.3, -0.25) is 0 Å². The van der Waals surface area contributed by atoms with Crippen molar-refractivity contribution in [3.8, 4) is 0 Å². The minimum atomic E-state index is 0.508. The molecule has 0 saturated carbocycles. The Labute approximate surface area is 60.1 Å². The van der Waals surface area contributed by atoms with Crippen molar-refractivity contribution in [2.24, 2.45) is 0 Å². The molecule has 1 aromatic rings. The average Bonchev–Trinajstić information content (AvgIpc) is 1.77. The Kier molecular flexibility index (Phi) is 1.75. The zero-order valence-electron chi connectivity index (χ0n) is 3.89. The highest BCUT2D eigenvalue weighted by atomic mass is 79.9. The van der Waals surface area contributed by atoms with E-state index < -0.39 is 0 Å². The first-order chi connectivity index (χ1) is 3.79. The lowest BCUT2D eigenvalue weighted by Crippen LogP contribution is -1.76. The van der Waals surface area contributed by atoms with Crippen LogP contribution in [0.5, 0.6) is 0 Å². The fraction of sp³-hybridized carbons (Fsp3) is 0. The smallest absolute Gasteiger partial charge is 0.196 e. The maximum absolute atomic E-state index is 4.68. The number of halogens is 1. The normalized spacial score (nSPS) is 9.12. The molecule has 42 valence electrons. The number of hydrogen-bond acceptors (Lipinski definition) is 2. The molecule has 0 spiro atoms. The Hall–Kier alpha value is -0.220. The van der Waals surface area contributed by atoms with Gasteiger partial charge >= 0.3 is 0 Å². The van der Waals surface area contributed by atoms with E-state index in [1.54, 1.807) is 12.4 Å². The second kappa shape index (κ2) is 2.37. The third-order valence-corrected chi connectivity index (χ3v) is 1.30. The molecule has 0 aliphatic rings. The van der Waals surface area contributed by atoms with E-state index in [1.165, 1.54) is 0 Å². The SMILES string of the molecule is S=c1ncc(Br)c[nH]1. The Balaban J connectivity index is 3.22. The van der Waals surface area contributed by atoms with Crippen LogP contribution < -0.4 is 0 Å². The van der Waals surface area contributed by atoms with Crippen LogP contribution in [0.1, 0.15) is 0 Å². The Bertz CT molecular complexity index is 211. The van der Waals surface area contributed by atoms with Crippen molar-refractivity contribution in [1.29, 1.82) is 0 Å². The zero-order chi connectivity index (χ0) is 5.98. The van der Waals surface area contributed by atoms with Crippen molar-refractivity contribution in [2.75, 3.05) is 0 Å². The molecule has 0 aromatic carbocycles. The predicted molar refractivity (Wildman–Crippen MR) is 37.1 cm³/mol. The number of aromatic amines is 1. The third kappa shape index (κ3) is 1.38. The van der Waals surface area contributed by atoms with Gasteiger partial charge in [0.25, 0.3) is 0 Å². The molecule has 0 fully saturated rings. The lowest BCUT2D eigenvalue weighted by atomic mass is 10.7. The molecule has 1 aromatic heterocycles. The summed E-state index contributed by atoms with van der Waals surface area (Å²) in [6.45, 7) is 0. The zero-order valence-corrected chi connectivity index (χ0v) is 6.29. The number of H-pyrrole nitrogens is 1. The first-order valence-corrected chi connectivity index (χ1v) is 3.19. The Morgan fingerprint density at radius 2 is 2.50 bits per heavy atom. The predicted octanol–water partition coefficient (Wildman–Crippen LogP) is 1.90. The van der Waals surface area contributed by atoms with Gasteiger partial charge in [0.2, 0.25) is 0 Å².